The number of anilines is 1. The zero-order chi connectivity index (χ0) is 16.0. The van der Waals surface area contributed by atoms with Gasteiger partial charge in [0.2, 0.25) is 0 Å². The number of nitrogens with one attached hydrogen (secondary N) is 1. The van der Waals surface area contributed by atoms with Gasteiger partial charge >= 0.3 is 0 Å². The van der Waals surface area contributed by atoms with Gasteiger partial charge in [0.25, 0.3) is 5.91 Å². The second-order valence-electron chi connectivity index (χ2n) is 6.20. The molecule has 0 aromatic heterocycles. The Morgan fingerprint density at radius 3 is 2.33 bits per heavy atom. The van der Waals surface area contributed by atoms with Crippen LogP contribution in [-0.2, 0) is 0 Å². The van der Waals surface area contributed by atoms with Crippen LogP contribution in [0.4, 0.5) is 5.69 Å². The molecule has 0 aliphatic rings. The van der Waals surface area contributed by atoms with Crippen LogP contribution < -0.4 is 16.0 Å². The highest BCUT2D eigenvalue weighted by atomic mass is 16.1. The predicted octanol–water partition coefficient (Wildman–Crippen LogP) is 2.64. The average molecular weight is 291 g/mol. The fourth-order valence-electron chi connectivity index (χ4n) is 2.09. The van der Waals surface area contributed by atoms with Crippen LogP contribution in [0.15, 0.2) is 24.3 Å². The summed E-state index contributed by atoms with van der Waals surface area (Å²) < 4.78 is 0. The number of amides is 1. The van der Waals surface area contributed by atoms with E-state index in [0.717, 1.165) is 18.7 Å². The molecular formula is C17H29N3O. The molecule has 0 aliphatic heterocycles. The summed E-state index contributed by atoms with van der Waals surface area (Å²) in [5.74, 6) is 0.211. The first-order valence-electron chi connectivity index (χ1n) is 7.67. The number of nitrogens with zero attached hydrogens (tertiary/aromatic N) is 1. The van der Waals surface area contributed by atoms with E-state index in [0.29, 0.717) is 12.1 Å². The number of hydrogen-bond acceptors (Lipinski definition) is 3. The van der Waals surface area contributed by atoms with Crippen molar-refractivity contribution in [2.75, 3.05) is 25.0 Å². The van der Waals surface area contributed by atoms with E-state index >= 15 is 0 Å². The van der Waals surface area contributed by atoms with Gasteiger partial charge in [-0.15, -0.1) is 0 Å². The minimum absolute atomic E-state index is 0.0682. The molecule has 0 bridgehead atoms. The molecule has 1 aromatic carbocycles. The third-order valence-electron chi connectivity index (χ3n) is 4.23. The number of rotatable bonds is 7. The lowest BCUT2D eigenvalue weighted by Crippen LogP contribution is -2.55. The van der Waals surface area contributed by atoms with E-state index in [1.54, 1.807) is 0 Å². The molecule has 1 aromatic rings. The van der Waals surface area contributed by atoms with E-state index in [1.807, 2.05) is 31.2 Å². The van der Waals surface area contributed by atoms with Crippen LogP contribution >= 0.6 is 0 Å². The van der Waals surface area contributed by atoms with Crippen LogP contribution in [0.2, 0.25) is 0 Å². The molecule has 0 aliphatic carbocycles. The molecule has 3 N–H and O–H groups in total. The quantitative estimate of drug-likeness (QED) is 0.812. The van der Waals surface area contributed by atoms with Crippen LogP contribution in [-0.4, -0.2) is 31.6 Å². The molecule has 0 saturated carbocycles. The van der Waals surface area contributed by atoms with Crippen molar-refractivity contribution < 1.29 is 4.79 Å². The summed E-state index contributed by atoms with van der Waals surface area (Å²) in [5.41, 5.74) is 7.22. The summed E-state index contributed by atoms with van der Waals surface area (Å²) in [6.07, 6.45) is 1.10. The molecule has 4 nitrogen and oxygen atoms in total. The molecule has 1 amide bonds. The first-order chi connectivity index (χ1) is 9.84. The molecule has 0 radical (unpaired) electrons. The number of benzene rings is 1. The summed E-state index contributed by atoms with van der Waals surface area (Å²) in [5, 5.41) is 3.06. The van der Waals surface area contributed by atoms with E-state index in [1.165, 1.54) is 0 Å². The van der Waals surface area contributed by atoms with Gasteiger partial charge in [-0.3, -0.25) is 4.79 Å². The van der Waals surface area contributed by atoms with Crippen molar-refractivity contribution in [2.24, 2.45) is 11.7 Å². The smallest absolute Gasteiger partial charge is 0.251 e. The molecule has 0 heterocycles. The molecule has 0 spiro atoms. The maximum absolute atomic E-state index is 12.4. The van der Waals surface area contributed by atoms with Gasteiger partial charge in [-0.25, -0.2) is 0 Å². The zero-order valence-corrected chi connectivity index (χ0v) is 13.9. The number of carbonyl (C=O) groups excluding carboxylic acids is 1. The fraction of sp³-hybridized carbons (Fsp3) is 0.588. The highest BCUT2D eigenvalue weighted by Gasteiger charge is 2.28. The Kier molecular flexibility index (Phi) is 6.21. The Labute approximate surface area is 128 Å². The predicted molar refractivity (Wildman–Crippen MR) is 89.8 cm³/mol. The first-order valence-corrected chi connectivity index (χ1v) is 7.67. The monoisotopic (exact) mass is 291 g/mol. The second-order valence-corrected chi connectivity index (χ2v) is 6.20. The van der Waals surface area contributed by atoms with Crippen molar-refractivity contribution in [1.82, 2.24) is 5.32 Å². The van der Waals surface area contributed by atoms with Gasteiger partial charge in [0, 0.05) is 31.4 Å². The maximum atomic E-state index is 12.4. The van der Waals surface area contributed by atoms with Gasteiger partial charge < -0.3 is 16.0 Å². The molecular weight excluding hydrogens is 262 g/mol. The normalized spacial score (nSPS) is 13.9. The van der Waals surface area contributed by atoms with Gasteiger partial charge in [-0.2, -0.15) is 0 Å². The Morgan fingerprint density at radius 1 is 1.33 bits per heavy atom. The minimum Gasteiger partial charge on any atom is -0.375 e. The van der Waals surface area contributed by atoms with Gasteiger partial charge in [-0.1, -0.05) is 20.8 Å². The van der Waals surface area contributed by atoms with Crippen molar-refractivity contribution in [2.45, 2.75) is 39.7 Å². The van der Waals surface area contributed by atoms with E-state index < -0.39 is 0 Å². The Bertz CT molecular complexity index is 456. The highest BCUT2D eigenvalue weighted by molar-refractivity contribution is 5.95. The van der Waals surface area contributed by atoms with Crippen LogP contribution in [0, 0.1) is 5.92 Å². The van der Waals surface area contributed by atoms with E-state index in [-0.39, 0.29) is 17.4 Å². The zero-order valence-electron chi connectivity index (χ0n) is 13.9. The van der Waals surface area contributed by atoms with Crippen molar-refractivity contribution >= 4 is 11.6 Å². The summed E-state index contributed by atoms with van der Waals surface area (Å²) in [6.45, 7) is 9.70. The minimum atomic E-state index is -0.380. The van der Waals surface area contributed by atoms with Crippen molar-refractivity contribution in [3.05, 3.63) is 29.8 Å². The van der Waals surface area contributed by atoms with Crippen LogP contribution in [0.3, 0.4) is 0 Å². The summed E-state index contributed by atoms with van der Waals surface area (Å²) in [4.78, 5) is 14.5. The standard InChI is InChI=1S/C17H29N3O/c1-6-11-20(5)15-9-7-14(8-10-15)16(21)19-17(4,12-18)13(2)3/h7-10,13H,6,11-12,18H2,1-5H3,(H,19,21). The average Bonchev–Trinajstić information content (AvgIpc) is 2.47. The molecule has 0 fully saturated rings. The SMILES string of the molecule is CCCN(C)c1ccc(C(=O)NC(C)(CN)C(C)C)cc1. The van der Waals surface area contributed by atoms with Gasteiger partial charge in [0.1, 0.15) is 0 Å². The molecule has 4 heteroatoms. The van der Waals surface area contributed by atoms with Crippen LogP contribution in [0.5, 0.6) is 0 Å². The highest BCUT2D eigenvalue weighted by Crippen LogP contribution is 2.18. The molecule has 1 unspecified atom stereocenters. The number of hydrogen-bond donors (Lipinski definition) is 2. The summed E-state index contributed by atoms with van der Waals surface area (Å²) >= 11 is 0. The third kappa shape index (κ3) is 4.46. The fourth-order valence-corrected chi connectivity index (χ4v) is 2.09. The molecule has 1 atom stereocenters. The Morgan fingerprint density at radius 2 is 1.90 bits per heavy atom. The molecule has 21 heavy (non-hydrogen) atoms. The van der Waals surface area contributed by atoms with Crippen molar-refractivity contribution in [3.63, 3.8) is 0 Å². The lowest BCUT2D eigenvalue weighted by atomic mass is 9.88. The largest absolute Gasteiger partial charge is 0.375 e. The summed E-state index contributed by atoms with van der Waals surface area (Å²) in [7, 11) is 2.06. The lowest BCUT2D eigenvalue weighted by Gasteiger charge is -2.33. The Balaban J connectivity index is 2.80. The third-order valence-corrected chi connectivity index (χ3v) is 4.23. The first kappa shape index (κ1) is 17.5. The van der Waals surface area contributed by atoms with E-state index in [9.17, 15) is 4.79 Å². The Hall–Kier alpha value is -1.55. The maximum Gasteiger partial charge on any atom is 0.251 e. The molecule has 118 valence electrons. The van der Waals surface area contributed by atoms with Gasteiger partial charge in [-0.05, 0) is 43.5 Å². The summed E-state index contributed by atoms with van der Waals surface area (Å²) in [6, 6.07) is 7.71. The molecule has 0 saturated heterocycles. The van der Waals surface area contributed by atoms with Crippen molar-refractivity contribution in [1.29, 1.82) is 0 Å². The van der Waals surface area contributed by atoms with Gasteiger partial charge in [0.05, 0.1) is 5.54 Å². The van der Waals surface area contributed by atoms with Gasteiger partial charge in [0.15, 0.2) is 0 Å². The number of nitrogens with two attached hydrogens (primary N) is 1. The van der Waals surface area contributed by atoms with Crippen LogP contribution in [0.25, 0.3) is 0 Å². The number of carbonyl (C=O) groups is 1. The lowest BCUT2D eigenvalue weighted by molar-refractivity contribution is 0.0883. The van der Waals surface area contributed by atoms with E-state index in [4.69, 9.17) is 5.73 Å². The topological polar surface area (TPSA) is 58.4 Å². The van der Waals surface area contributed by atoms with Crippen molar-refractivity contribution in [3.8, 4) is 0 Å². The second kappa shape index (κ2) is 7.46. The van der Waals surface area contributed by atoms with E-state index in [2.05, 4.69) is 38.0 Å². The van der Waals surface area contributed by atoms with Crippen LogP contribution in [0.1, 0.15) is 44.5 Å². The molecule has 1 rings (SSSR count).